The topological polar surface area (TPSA) is 130 Å². The first-order valence-electron chi connectivity index (χ1n) is 15.4. The Morgan fingerprint density at radius 1 is 0.978 bits per heavy atom. The Labute approximate surface area is 261 Å². The van der Waals surface area contributed by atoms with Crippen LogP contribution in [0.15, 0.2) is 66.9 Å². The Kier molecular flexibility index (Phi) is 8.42. The predicted octanol–water partition coefficient (Wildman–Crippen LogP) is 6.29. The molecule has 2 saturated heterocycles. The minimum atomic E-state index is -0.566. The van der Waals surface area contributed by atoms with E-state index in [0.29, 0.717) is 43.2 Å². The molecule has 2 aromatic carbocycles. The maximum absolute atomic E-state index is 13.0. The molecule has 2 atom stereocenters. The fourth-order valence-corrected chi connectivity index (χ4v) is 5.77. The number of carbonyl (C=O) groups excluding carboxylic acids is 3. The van der Waals surface area contributed by atoms with Crippen LogP contribution in [-0.4, -0.2) is 68.1 Å². The number of ether oxygens (including phenoxy) is 2. The molecule has 6 rings (SSSR count). The third kappa shape index (κ3) is 7.08. The highest BCUT2D eigenvalue weighted by Crippen LogP contribution is 2.33. The van der Waals surface area contributed by atoms with Crippen molar-refractivity contribution in [3.8, 4) is 11.1 Å². The van der Waals surface area contributed by atoms with Gasteiger partial charge in [0, 0.05) is 37.1 Å². The third-order valence-corrected chi connectivity index (χ3v) is 8.06. The maximum atomic E-state index is 13.0. The van der Waals surface area contributed by atoms with Crippen molar-refractivity contribution in [3.05, 3.63) is 78.2 Å². The largest absolute Gasteiger partial charge is 0.445 e. The molecule has 0 saturated carbocycles. The number of fused-ring (bicyclic) bond motifs is 1. The molecule has 2 aliphatic rings. The van der Waals surface area contributed by atoms with Crippen LogP contribution in [0.5, 0.6) is 0 Å². The molecule has 11 nitrogen and oxygen atoms in total. The molecule has 0 radical (unpaired) electrons. The summed E-state index contributed by atoms with van der Waals surface area (Å²) in [5, 5.41) is 2.98. The first-order chi connectivity index (χ1) is 21.6. The van der Waals surface area contributed by atoms with Crippen LogP contribution in [-0.2, 0) is 20.9 Å². The van der Waals surface area contributed by atoms with Crippen molar-refractivity contribution in [1.82, 2.24) is 24.8 Å². The number of hydrogen-bond donors (Lipinski definition) is 2. The predicted molar refractivity (Wildman–Crippen MR) is 169 cm³/mol. The fourth-order valence-electron chi connectivity index (χ4n) is 5.77. The second-order valence-electron chi connectivity index (χ2n) is 12.6. The van der Waals surface area contributed by atoms with Gasteiger partial charge in [0.05, 0.1) is 17.5 Å². The minimum Gasteiger partial charge on any atom is -0.445 e. The second-order valence-corrected chi connectivity index (χ2v) is 12.6. The molecular weight excluding hydrogens is 572 g/mol. The first kappa shape index (κ1) is 30.1. The highest BCUT2D eigenvalue weighted by Gasteiger charge is 2.35. The van der Waals surface area contributed by atoms with Crippen molar-refractivity contribution in [1.29, 1.82) is 0 Å². The lowest BCUT2D eigenvalue weighted by molar-refractivity contribution is -0.119. The Balaban J connectivity index is 1.05. The number of imidazole rings is 1. The van der Waals surface area contributed by atoms with Gasteiger partial charge in [-0.05, 0) is 69.4 Å². The van der Waals surface area contributed by atoms with Crippen molar-refractivity contribution in [2.45, 2.75) is 58.3 Å². The zero-order valence-electron chi connectivity index (χ0n) is 25.8. The molecule has 2 unspecified atom stereocenters. The van der Waals surface area contributed by atoms with Gasteiger partial charge in [-0.2, -0.15) is 0 Å². The summed E-state index contributed by atoms with van der Waals surface area (Å²) in [4.78, 5) is 54.2. The van der Waals surface area contributed by atoms with E-state index < -0.39 is 11.7 Å². The number of rotatable bonds is 6. The third-order valence-electron chi connectivity index (χ3n) is 8.06. The van der Waals surface area contributed by atoms with Gasteiger partial charge in [0.2, 0.25) is 5.91 Å². The van der Waals surface area contributed by atoms with E-state index in [4.69, 9.17) is 9.47 Å². The minimum absolute atomic E-state index is 0.124. The average Bonchev–Trinajstić information content (AvgIpc) is 3.79. The summed E-state index contributed by atoms with van der Waals surface area (Å²) in [7, 11) is 0. The van der Waals surface area contributed by atoms with Crippen molar-refractivity contribution >= 4 is 34.9 Å². The van der Waals surface area contributed by atoms with Crippen LogP contribution in [0.3, 0.4) is 0 Å². The quantitative estimate of drug-likeness (QED) is 0.262. The Morgan fingerprint density at radius 2 is 1.76 bits per heavy atom. The highest BCUT2D eigenvalue weighted by molar-refractivity contribution is 5.93. The average molecular weight is 611 g/mol. The number of nitrogens with one attached hydrogen (secondary N) is 2. The monoisotopic (exact) mass is 610 g/mol. The van der Waals surface area contributed by atoms with Crippen molar-refractivity contribution < 1.29 is 23.9 Å². The number of benzene rings is 2. The zero-order valence-corrected chi connectivity index (χ0v) is 25.8. The number of pyridine rings is 1. The number of anilines is 1. The van der Waals surface area contributed by atoms with E-state index in [0.717, 1.165) is 35.0 Å². The number of carbonyl (C=O) groups is 3. The van der Waals surface area contributed by atoms with Gasteiger partial charge in [-0.25, -0.2) is 19.6 Å². The summed E-state index contributed by atoms with van der Waals surface area (Å²) in [6.45, 7) is 7.22. The van der Waals surface area contributed by atoms with Gasteiger partial charge >= 0.3 is 12.2 Å². The van der Waals surface area contributed by atoms with Crippen LogP contribution >= 0.6 is 0 Å². The van der Waals surface area contributed by atoms with E-state index in [2.05, 4.69) is 20.3 Å². The van der Waals surface area contributed by atoms with E-state index in [-0.39, 0.29) is 30.6 Å². The molecule has 0 spiro atoms. The lowest BCUT2D eigenvalue weighted by Crippen LogP contribution is -2.36. The number of H-pyrrole nitrogens is 1. The molecular formula is C34H38N6O5. The molecule has 11 heteroatoms. The molecule has 3 amide bonds. The summed E-state index contributed by atoms with van der Waals surface area (Å²) < 4.78 is 11.0. The zero-order chi connectivity index (χ0) is 31.6. The van der Waals surface area contributed by atoms with Crippen LogP contribution < -0.4 is 5.32 Å². The van der Waals surface area contributed by atoms with Crippen molar-refractivity contribution in [2.75, 3.05) is 25.0 Å². The second kappa shape index (κ2) is 12.6. The Hall–Kier alpha value is -4.93. The summed E-state index contributed by atoms with van der Waals surface area (Å²) in [6, 6.07) is 18.9. The van der Waals surface area contributed by atoms with E-state index in [9.17, 15) is 14.4 Å². The molecule has 2 aromatic heterocycles. The highest BCUT2D eigenvalue weighted by atomic mass is 16.6. The van der Waals surface area contributed by atoms with Gasteiger partial charge < -0.3 is 24.7 Å². The SMILES string of the molecule is CC(C)(C)OC(=O)N1CCCC1c1nc2ncc(-c3ccc(NC(=O)C4CCN(C(=O)OCc5ccccc5)C4)cc3)cc2[nH]1. The molecule has 2 fully saturated rings. The summed E-state index contributed by atoms with van der Waals surface area (Å²) in [5.41, 5.74) is 4.23. The van der Waals surface area contributed by atoms with Gasteiger partial charge in [-0.1, -0.05) is 42.5 Å². The van der Waals surface area contributed by atoms with Crippen LogP contribution in [0.25, 0.3) is 22.3 Å². The molecule has 4 aromatic rings. The molecule has 45 heavy (non-hydrogen) atoms. The van der Waals surface area contributed by atoms with E-state index >= 15 is 0 Å². The number of nitrogens with zero attached hydrogens (tertiary/aromatic N) is 4. The van der Waals surface area contributed by atoms with Crippen LogP contribution in [0.4, 0.5) is 15.3 Å². The normalized spacial score (nSPS) is 18.3. The van der Waals surface area contributed by atoms with Gasteiger partial charge in [0.25, 0.3) is 0 Å². The lowest BCUT2D eigenvalue weighted by Gasteiger charge is -2.27. The molecule has 2 N–H and O–H groups in total. The van der Waals surface area contributed by atoms with Crippen molar-refractivity contribution in [3.63, 3.8) is 0 Å². The summed E-state index contributed by atoms with van der Waals surface area (Å²) in [5.74, 6) is 0.272. The number of aromatic nitrogens is 3. The summed E-state index contributed by atoms with van der Waals surface area (Å²) in [6.07, 6.45) is 3.29. The fraction of sp³-hybridized carbons (Fsp3) is 0.382. The standard InChI is InChI=1S/C34H38N6O5/c1-34(2,3)45-33(43)40-16-7-10-28(40)30-37-27-18-25(19-35-29(27)38-30)23-11-13-26(14-12-23)36-31(41)24-15-17-39(20-24)32(42)44-21-22-8-5-4-6-9-22/h4-6,8-9,11-14,18-19,24,28H,7,10,15-17,20-21H2,1-3H3,(H,36,41)(H,35,37,38). The van der Waals surface area contributed by atoms with Gasteiger partial charge in [0.15, 0.2) is 5.65 Å². The Bertz CT molecular complexity index is 1680. The smallest absolute Gasteiger partial charge is 0.410 e. The lowest BCUT2D eigenvalue weighted by atomic mass is 10.1. The van der Waals surface area contributed by atoms with Gasteiger partial charge in [-0.3, -0.25) is 9.69 Å². The Morgan fingerprint density at radius 3 is 2.51 bits per heavy atom. The number of aromatic amines is 1. The number of hydrogen-bond acceptors (Lipinski definition) is 7. The number of amides is 3. The maximum Gasteiger partial charge on any atom is 0.410 e. The molecule has 0 bridgehead atoms. The molecule has 2 aliphatic heterocycles. The van der Waals surface area contributed by atoms with E-state index in [1.54, 1.807) is 16.0 Å². The van der Waals surface area contributed by atoms with E-state index in [1.165, 1.54) is 0 Å². The van der Waals surface area contributed by atoms with Crippen LogP contribution in [0, 0.1) is 5.92 Å². The van der Waals surface area contributed by atoms with Crippen molar-refractivity contribution in [2.24, 2.45) is 5.92 Å². The van der Waals surface area contributed by atoms with Gasteiger partial charge in [-0.15, -0.1) is 0 Å². The summed E-state index contributed by atoms with van der Waals surface area (Å²) >= 11 is 0. The number of likely N-dealkylation sites (tertiary alicyclic amines) is 2. The van der Waals surface area contributed by atoms with Crippen LogP contribution in [0.1, 0.15) is 57.5 Å². The first-order valence-corrected chi connectivity index (χ1v) is 15.4. The van der Waals surface area contributed by atoms with Crippen LogP contribution in [0.2, 0.25) is 0 Å². The molecule has 0 aliphatic carbocycles. The molecule has 4 heterocycles. The molecule has 234 valence electrons. The van der Waals surface area contributed by atoms with E-state index in [1.807, 2.05) is 81.4 Å². The van der Waals surface area contributed by atoms with Gasteiger partial charge in [0.1, 0.15) is 18.0 Å².